The SMILES string of the molecule is CCCN(Cc1nc(C(=O)OC)cs1)C(=O)c1cccs1. The van der Waals surface area contributed by atoms with Crippen molar-refractivity contribution in [1.82, 2.24) is 9.88 Å². The van der Waals surface area contributed by atoms with Crippen molar-refractivity contribution >= 4 is 34.6 Å². The molecule has 0 aliphatic rings. The Kier molecular flexibility index (Phi) is 5.46. The van der Waals surface area contributed by atoms with Crippen LogP contribution in [0.25, 0.3) is 0 Å². The number of carbonyl (C=O) groups is 2. The van der Waals surface area contributed by atoms with Gasteiger partial charge in [0.15, 0.2) is 5.69 Å². The first kappa shape index (κ1) is 15.7. The summed E-state index contributed by atoms with van der Waals surface area (Å²) in [5, 5.41) is 4.27. The van der Waals surface area contributed by atoms with Gasteiger partial charge in [-0.05, 0) is 17.9 Å². The van der Waals surface area contributed by atoms with Crippen LogP contribution in [0.2, 0.25) is 0 Å². The van der Waals surface area contributed by atoms with Crippen LogP contribution in [-0.4, -0.2) is 35.4 Å². The lowest BCUT2D eigenvalue weighted by molar-refractivity contribution is 0.0594. The molecular formula is C14H16N2O3S2. The van der Waals surface area contributed by atoms with Gasteiger partial charge in [0.1, 0.15) is 5.01 Å². The molecule has 0 unspecified atom stereocenters. The molecule has 2 heterocycles. The van der Waals surface area contributed by atoms with Gasteiger partial charge >= 0.3 is 5.97 Å². The van der Waals surface area contributed by atoms with Crippen LogP contribution in [0.5, 0.6) is 0 Å². The molecule has 0 radical (unpaired) electrons. The molecule has 1 amide bonds. The average Bonchev–Trinajstić information content (AvgIpc) is 3.16. The monoisotopic (exact) mass is 324 g/mol. The summed E-state index contributed by atoms with van der Waals surface area (Å²) in [5.74, 6) is -0.453. The standard InChI is InChI=1S/C14H16N2O3S2/c1-3-6-16(13(17)11-5-4-7-20-11)8-12-15-10(9-21-12)14(18)19-2/h4-5,7,9H,3,6,8H2,1-2H3. The number of thiazole rings is 1. The first-order chi connectivity index (χ1) is 10.2. The van der Waals surface area contributed by atoms with Crippen LogP contribution in [0.3, 0.4) is 0 Å². The van der Waals surface area contributed by atoms with E-state index in [4.69, 9.17) is 0 Å². The molecule has 0 fully saturated rings. The van der Waals surface area contributed by atoms with Gasteiger partial charge in [-0.2, -0.15) is 0 Å². The normalized spacial score (nSPS) is 10.4. The summed E-state index contributed by atoms with van der Waals surface area (Å²) in [4.78, 5) is 30.5. The summed E-state index contributed by atoms with van der Waals surface area (Å²) in [7, 11) is 1.32. The fourth-order valence-corrected chi connectivity index (χ4v) is 3.29. The van der Waals surface area contributed by atoms with E-state index < -0.39 is 5.97 Å². The lowest BCUT2D eigenvalue weighted by Crippen LogP contribution is -2.30. The molecule has 5 nitrogen and oxygen atoms in total. The van der Waals surface area contributed by atoms with Crippen LogP contribution in [0.4, 0.5) is 0 Å². The highest BCUT2D eigenvalue weighted by Crippen LogP contribution is 2.17. The summed E-state index contributed by atoms with van der Waals surface area (Å²) >= 11 is 2.79. The number of carbonyl (C=O) groups excluding carboxylic acids is 2. The van der Waals surface area contributed by atoms with E-state index in [1.54, 1.807) is 10.3 Å². The predicted molar refractivity (Wildman–Crippen MR) is 82.8 cm³/mol. The van der Waals surface area contributed by atoms with Gasteiger partial charge < -0.3 is 9.64 Å². The Morgan fingerprint density at radius 2 is 2.19 bits per heavy atom. The number of aromatic nitrogens is 1. The second-order valence-corrected chi connectivity index (χ2v) is 6.21. The molecule has 0 aromatic carbocycles. The number of esters is 1. The zero-order valence-corrected chi connectivity index (χ0v) is 13.5. The highest BCUT2D eigenvalue weighted by Gasteiger charge is 2.19. The second-order valence-electron chi connectivity index (χ2n) is 4.32. The summed E-state index contributed by atoms with van der Waals surface area (Å²) in [6.45, 7) is 3.09. The highest BCUT2D eigenvalue weighted by atomic mass is 32.1. The van der Waals surface area contributed by atoms with Crippen LogP contribution in [-0.2, 0) is 11.3 Å². The maximum atomic E-state index is 12.4. The van der Waals surface area contributed by atoms with Crippen molar-refractivity contribution in [3.05, 3.63) is 38.5 Å². The fourth-order valence-electron chi connectivity index (χ4n) is 1.82. The first-order valence-electron chi connectivity index (χ1n) is 6.51. The third-order valence-electron chi connectivity index (χ3n) is 2.79. The molecule has 0 spiro atoms. The lowest BCUT2D eigenvalue weighted by Gasteiger charge is -2.20. The maximum absolute atomic E-state index is 12.4. The van der Waals surface area contributed by atoms with Gasteiger partial charge in [0.2, 0.25) is 0 Å². The van der Waals surface area contributed by atoms with E-state index in [-0.39, 0.29) is 11.6 Å². The molecule has 0 saturated carbocycles. The van der Waals surface area contributed by atoms with E-state index in [2.05, 4.69) is 9.72 Å². The topological polar surface area (TPSA) is 59.5 Å². The van der Waals surface area contributed by atoms with Crippen molar-refractivity contribution in [3.63, 3.8) is 0 Å². The summed E-state index contributed by atoms with van der Waals surface area (Å²) in [6, 6.07) is 3.68. The number of rotatable bonds is 6. The maximum Gasteiger partial charge on any atom is 0.357 e. The minimum Gasteiger partial charge on any atom is -0.464 e. The predicted octanol–water partition coefficient (Wildman–Crippen LogP) is 3.04. The molecule has 7 heteroatoms. The van der Waals surface area contributed by atoms with Gasteiger partial charge in [-0.1, -0.05) is 13.0 Å². The Bertz CT molecular complexity index is 608. The molecule has 0 aliphatic heterocycles. The van der Waals surface area contributed by atoms with E-state index >= 15 is 0 Å². The summed E-state index contributed by atoms with van der Waals surface area (Å²) in [6.07, 6.45) is 0.867. The van der Waals surface area contributed by atoms with Crippen molar-refractivity contribution < 1.29 is 14.3 Å². The minimum absolute atomic E-state index is 0.00154. The number of thiophene rings is 1. The molecule has 0 N–H and O–H groups in total. The fraction of sp³-hybridized carbons (Fsp3) is 0.357. The van der Waals surface area contributed by atoms with Gasteiger partial charge in [0.25, 0.3) is 5.91 Å². The van der Waals surface area contributed by atoms with Crippen LogP contribution in [0.15, 0.2) is 22.9 Å². The number of amides is 1. The summed E-state index contributed by atoms with van der Waals surface area (Å²) < 4.78 is 4.63. The Balaban J connectivity index is 2.11. The molecule has 2 aromatic heterocycles. The quantitative estimate of drug-likeness (QED) is 0.766. The third-order valence-corrected chi connectivity index (χ3v) is 4.48. The molecule has 0 saturated heterocycles. The smallest absolute Gasteiger partial charge is 0.357 e. The number of ether oxygens (including phenoxy) is 1. The number of hydrogen-bond donors (Lipinski definition) is 0. The zero-order valence-electron chi connectivity index (χ0n) is 11.9. The van der Waals surface area contributed by atoms with Crippen LogP contribution < -0.4 is 0 Å². The Labute approximate surface area is 131 Å². The van der Waals surface area contributed by atoms with Crippen molar-refractivity contribution in [2.75, 3.05) is 13.7 Å². The summed E-state index contributed by atoms with van der Waals surface area (Å²) in [5.41, 5.74) is 0.289. The van der Waals surface area contributed by atoms with Crippen molar-refractivity contribution in [2.45, 2.75) is 19.9 Å². The Morgan fingerprint density at radius 1 is 1.38 bits per heavy atom. The molecule has 21 heavy (non-hydrogen) atoms. The van der Waals surface area contributed by atoms with Crippen molar-refractivity contribution in [3.8, 4) is 0 Å². The van der Waals surface area contributed by atoms with Gasteiger partial charge in [0, 0.05) is 11.9 Å². The molecule has 0 bridgehead atoms. The van der Waals surface area contributed by atoms with E-state index in [0.29, 0.717) is 18.0 Å². The highest BCUT2D eigenvalue weighted by molar-refractivity contribution is 7.12. The second kappa shape index (κ2) is 7.33. The first-order valence-corrected chi connectivity index (χ1v) is 8.27. The molecule has 112 valence electrons. The average molecular weight is 324 g/mol. The molecule has 0 atom stereocenters. The molecular weight excluding hydrogens is 308 g/mol. The van der Waals surface area contributed by atoms with Crippen LogP contribution in [0.1, 0.15) is 38.5 Å². The zero-order chi connectivity index (χ0) is 15.2. The number of nitrogens with zero attached hydrogens (tertiary/aromatic N) is 2. The van der Waals surface area contributed by atoms with Gasteiger partial charge in [-0.3, -0.25) is 4.79 Å². The molecule has 2 rings (SSSR count). The minimum atomic E-state index is -0.455. The third kappa shape index (κ3) is 3.89. The Morgan fingerprint density at radius 3 is 2.81 bits per heavy atom. The van der Waals surface area contributed by atoms with E-state index in [1.165, 1.54) is 29.8 Å². The van der Waals surface area contributed by atoms with Gasteiger partial charge in [-0.25, -0.2) is 9.78 Å². The van der Waals surface area contributed by atoms with E-state index in [0.717, 1.165) is 11.4 Å². The van der Waals surface area contributed by atoms with Crippen LogP contribution >= 0.6 is 22.7 Å². The van der Waals surface area contributed by atoms with Gasteiger partial charge in [-0.15, -0.1) is 22.7 Å². The van der Waals surface area contributed by atoms with E-state index in [1.807, 2.05) is 24.4 Å². The largest absolute Gasteiger partial charge is 0.464 e. The number of hydrogen-bond acceptors (Lipinski definition) is 6. The molecule has 2 aromatic rings. The van der Waals surface area contributed by atoms with Crippen LogP contribution in [0, 0.1) is 0 Å². The van der Waals surface area contributed by atoms with E-state index in [9.17, 15) is 9.59 Å². The molecule has 0 aliphatic carbocycles. The lowest BCUT2D eigenvalue weighted by atomic mass is 10.3. The van der Waals surface area contributed by atoms with Crippen molar-refractivity contribution in [1.29, 1.82) is 0 Å². The number of methoxy groups -OCH3 is 1. The Hall–Kier alpha value is -1.73. The van der Waals surface area contributed by atoms with Crippen molar-refractivity contribution in [2.24, 2.45) is 0 Å². The van der Waals surface area contributed by atoms with Gasteiger partial charge in [0.05, 0.1) is 18.5 Å².